The smallest absolute Gasteiger partial charge is 0.164 e. The van der Waals surface area contributed by atoms with Crippen molar-refractivity contribution in [1.29, 1.82) is 0 Å². The Bertz CT molecular complexity index is 3160. The molecule has 0 amide bonds. The van der Waals surface area contributed by atoms with Gasteiger partial charge in [-0.2, -0.15) is 0 Å². The molecule has 0 fully saturated rings. The van der Waals surface area contributed by atoms with Crippen LogP contribution in [0.4, 0.5) is 0 Å². The predicted molar refractivity (Wildman–Crippen MR) is 237 cm³/mol. The molecule has 0 N–H and O–H groups in total. The van der Waals surface area contributed by atoms with Gasteiger partial charge in [-0.15, -0.1) is 0 Å². The number of hydrogen-bond acceptors (Lipinski definition) is 3. The van der Waals surface area contributed by atoms with Crippen LogP contribution in [0.2, 0.25) is 0 Å². The van der Waals surface area contributed by atoms with E-state index < -0.39 is 0 Å². The maximum Gasteiger partial charge on any atom is 0.164 e. The molecule has 268 valence electrons. The second-order valence-corrected chi connectivity index (χ2v) is 15.6. The van der Waals surface area contributed by atoms with E-state index >= 15 is 0 Å². The van der Waals surface area contributed by atoms with Crippen LogP contribution in [-0.2, 0) is 5.41 Å². The molecule has 0 saturated carbocycles. The van der Waals surface area contributed by atoms with Crippen molar-refractivity contribution in [3.05, 3.63) is 199 Å². The fourth-order valence-electron chi connectivity index (χ4n) is 8.99. The summed E-state index contributed by atoms with van der Waals surface area (Å²) >= 11 is 0. The fraction of sp³-hybridized carbons (Fsp3) is 0.0556. The second kappa shape index (κ2) is 12.9. The summed E-state index contributed by atoms with van der Waals surface area (Å²) in [6, 6.07) is 67.3. The van der Waals surface area contributed by atoms with Gasteiger partial charge in [-0.05, 0) is 95.0 Å². The summed E-state index contributed by atoms with van der Waals surface area (Å²) in [6.07, 6.45) is 0. The monoisotopic (exact) mass is 727 g/mol. The number of aromatic nitrogens is 3. The van der Waals surface area contributed by atoms with Gasteiger partial charge in [0.2, 0.25) is 0 Å². The van der Waals surface area contributed by atoms with E-state index in [0.29, 0.717) is 17.5 Å². The molecular formula is C54H37N3. The lowest BCUT2D eigenvalue weighted by atomic mass is 9.82. The highest BCUT2D eigenvalue weighted by atomic mass is 15.0. The van der Waals surface area contributed by atoms with Gasteiger partial charge in [0, 0.05) is 22.1 Å². The molecule has 0 aliphatic heterocycles. The maximum atomic E-state index is 5.25. The summed E-state index contributed by atoms with van der Waals surface area (Å²) in [7, 11) is 0. The van der Waals surface area contributed by atoms with Crippen molar-refractivity contribution in [3.8, 4) is 67.5 Å². The Hall–Kier alpha value is -7.23. The van der Waals surface area contributed by atoms with Gasteiger partial charge >= 0.3 is 0 Å². The Morgan fingerprint density at radius 2 is 0.719 bits per heavy atom. The van der Waals surface area contributed by atoms with E-state index in [0.717, 1.165) is 27.8 Å². The van der Waals surface area contributed by atoms with Crippen molar-refractivity contribution in [2.45, 2.75) is 19.3 Å². The molecule has 10 aromatic rings. The first-order valence-electron chi connectivity index (χ1n) is 19.6. The van der Waals surface area contributed by atoms with Crippen molar-refractivity contribution in [2.24, 2.45) is 0 Å². The zero-order valence-electron chi connectivity index (χ0n) is 31.7. The molecule has 1 aliphatic rings. The molecule has 3 heteroatoms. The Kier molecular flexibility index (Phi) is 7.52. The van der Waals surface area contributed by atoms with Crippen molar-refractivity contribution in [2.75, 3.05) is 0 Å². The molecule has 0 radical (unpaired) electrons. The van der Waals surface area contributed by atoms with Crippen LogP contribution in [0.25, 0.3) is 99.9 Å². The molecule has 1 aromatic heterocycles. The summed E-state index contributed by atoms with van der Waals surface area (Å²) in [4.78, 5) is 15.7. The minimum Gasteiger partial charge on any atom is -0.208 e. The molecule has 11 rings (SSSR count). The van der Waals surface area contributed by atoms with Gasteiger partial charge in [-0.1, -0.05) is 184 Å². The second-order valence-electron chi connectivity index (χ2n) is 15.6. The lowest BCUT2D eigenvalue weighted by Crippen LogP contribution is -2.14. The fourth-order valence-corrected chi connectivity index (χ4v) is 8.99. The highest BCUT2D eigenvalue weighted by Gasteiger charge is 2.35. The molecule has 1 aliphatic carbocycles. The molecule has 0 saturated heterocycles. The highest BCUT2D eigenvalue weighted by Crippen LogP contribution is 2.49. The van der Waals surface area contributed by atoms with Crippen LogP contribution >= 0.6 is 0 Å². The number of hydrogen-bond donors (Lipinski definition) is 0. The molecule has 9 aromatic carbocycles. The third kappa shape index (κ3) is 5.46. The van der Waals surface area contributed by atoms with E-state index in [2.05, 4.69) is 202 Å². The van der Waals surface area contributed by atoms with E-state index in [-0.39, 0.29) is 5.41 Å². The van der Waals surface area contributed by atoms with Crippen molar-refractivity contribution in [3.63, 3.8) is 0 Å². The van der Waals surface area contributed by atoms with Gasteiger partial charge in [0.15, 0.2) is 17.5 Å². The van der Waals surface area contributed by atoms with E-state index in [9.17, 15) is 0 Å². The van der Waals surface area contributed by atoms with Crippen molar-refractivity contribution in [1.82, 2.24) is 15.0 Å². The summed E-state index contributed by atoms with van der Waals surface area (Å²) < 4.78 is 0. The first-order chi connectivity index (χ1) is 28.0. The van der Waals surface area contributed by atoms with Crippen LogP contribution < -0.4 is 0 Å². The minimum atomic E-state index is -0.0831. The standard InChI is InChI=1S/C54H37N3/c1-54(2)49-22-11-10-21-46(49)48-33-40(28-30-50(48)54)53-56-51(36-25-23-35(24-26-36)38-16-12-15-37(31-38)34-13-4-3-5-14-34)55-52(57-53)39-27-29-45-43-19-7-6-17-41(43)42-18-8-9-20-44(42)47(45)32-39/h3-33H,1-2H3. The number of rotatable bonds is 5. The number of benzene rings is 9. The van der Waals surface area contributed by atoms with Gasteiger partial charge in [0.05, 0.1) is 0 Å². The molecule has 0 bridgehead atoms. The summed E-state index contributed by atoms with van der Waals surface area (Å²) in [5, 5.41) is 7.36. The van der Waals surface area contributed by atoms with Gasteiger partial charge in [0.25, 0.3) is 0 Å². The quantitative estimate of drug-likeness (QED) is 0.166. The topological polar surface area (TPSA) is 38.7 Å². The normalized spacial score (nSPS) is 12.9. The average molecular weight is 728 g/mol. The van der Waals surface area contributed by atoms with E-state index in [1.165, 1.54) is 65.7 Å². The van der Waals surface area contributed by atoms with Gasteiger partial charge in [0.1, 0.15) is 0 Å². The van der Waals surface area contributed by atoms with Gasteiger partial charge in [-0.25, -0.2) is 15.0 Å². The molecule has 57 heavy (non-hydrogen) atoms. The molecule has 0 unspecified atom stereocenters. The van der Waals surface area contributed by atoms with E-state index in [1.54, 1.807) is 0 Å². The lowest BCUT2D eigenvalue weighted by molar-refractivity contribution is 0.660. The first-order valence-corrected chi connectivity index (χ1v) is 19.6. The Labute approximate surface area is 332 Å². The van der Waals surface area contributed by atoms with Crippen molar-refractivity contribution < 1.29 is 0 Å². The molecule has 0 spiro atoms. The summed E-state index contributed by atoms with van der Waals surface area (Å²) in [6.45, 7) is 4.62. The Morgan fingerprint density at radius 1 is 0.281 bits per heavy atom. The Morgan fingerprint density at radius 3 is 1.39 bits per heavy atom. The van der Waals surface area contributed by atoms with Crippen molar-refractivity contribution >= 4 is 32.3 Å². The zero-order valence-corrected chi connectivity index (χ0v) is 31.7. The SMILES string of the molecule is CC1(C)c2ccccc2-c2cc(-c3nc(-c4ccc(-c5cccc(-c6ccccc6)c5)cc4)nc(-c4ccc5c6ccccc6c6ccccc6c5c4)n3)ccc21. The number of fused-ring (bicyclic) bond motifs is 9. The highest BCUT2D eigenvalue weighted by molar-refractivity contribution is 6.25. The average Bonchev–Trinajstić information content (AvgIpc) is 3.51. The summed E-state index contributed by atoms with van der Waals surface area (Å²) in [5.41, 5.74) is 12.7. The van der Waals surface area contributed by atoms with Crippen LogP contribution in [0.1, 0.15) is 25.0 Å². The molecule has 0 atom stereocenters. The van der Waals surface area contributed by atoms with Gasteiger partial charge in [-0.3, -0.25) is 0 Å². The lowest BCUT2D eigenvalue weighted by Gasteiger charge is -2.21. The maximum absolute atomic E-state index is 5.25. The van der Waals surface area contributed by atoms with Crippen LogP contribution in [0.3, 0.4) is 0 Å². The molecule has 3 nitrogen and oxygen atoms in total. The van der Waals surface area contributed by atoms with Crippen LogP contribution in [0.15, 0.2) is 188 Å². The largest absolute Gasteiger partial charge is 0.208 e. The van der Waals surface area contributed by atoms with Crippen LogP contribution in [0.5, 0.6) is 0 Å². The number of nitrogens with zero attached hydrogens (tertiary/aromatic N) is 3. The predicted octanol–water partition coefficient (Wildman–Crippen LogP) is 14.0. The third-order valence-electron chi connectivity index (χ3n) is 11.9. The van der Waals surface area contributed by atoms with E-state index in [4.69, 9.17) is 15.0 Å². The minimum absolute atomic E-state index is 0.0831. The molecule has 1 heterocycles. The van der Waals surface area contributed by atoms with E-state index in [1.807, 2.05) is 0 Å². The molecular weight excluding hydrogens is 691 g/mol. The van der Waals surface area contributed by atoms with Crippen LogP contribution in [-0.4, -0.2) is 15.0 Å². The third-order valence-corrected chi connectivity index (χ3v) is 11.9. The zero-order chi connectivity index (χ0) is 38.1. The first kappa shape index (κ1) is 33.1. The van der Waals surface area contributed by atoms with Crippen LogP contribution in [0, 0.1) is 0 Å². The Balaban J connectivity index is 1.07. The summed E-state index contributed by atoms with van der Waals surface area (Å²) in [5.74, 6) is 1.95. The van der Waals surface area contributed by atoms with Gasteiger partial charge < -0.3 is 0 Å².